The monoisotopic (exact) mass is 301 g/mol. The van der Waals surface area contributed by atoms with Crippen LogP contribution in [0.4, 0.5) is 0 Å². The zero-order valence-electron chi connectivity index (χ0n) is 11.9. The van der Waals surface area contributed by atoms with Gasteiger partial charge in [-0.3, -0.25) is 0 Å². The fourth-order valence-corrected chi connectivity index (χ4v) is 1.91. The Balaban J connectivity index is 2.25. The predicted octanol–water partition coefficient (Wildman–Crippen LogP) is 2.41. The van der Waals surface area contributed by atoms with E-state index in [-0.39, 0.29) is 18.1 Å². The Morgan fingerprint density at radius 3 is 2.64 bits per heavy atom. The minimum Gasteiger partial charge on any atom is -0.508 e. The summed E-state index contributed by atoms with van der Waals surface area (Å²) in [6.07, 6.45) is 0. The fourth-order valence-electron chi connectivity index (χ4n) is 1.91. The molecule has 2 aromatic rings. The Morgan fingerprint density at radius 1 is 1.18 bits per heavy atom. The molecule has 0 heterocycles. The molecule has 0 saturated carbocycles. The number of hydrogen-bond acceptors (Lipinski definition) is 5. The first-order chi connectivity index (χ1) is 10.6. The second kappa shape index (κ2) is 7.12. The number of oxime groups is 1. The standard InChI is InChI=1S/C16H15NO5/c1-21-17-15(16(19)20)14-8-3-2-5-11(14)10-22-13-7-4-6-12(18)9-13/h2-9,18H,10H2,1H3,(H,19,20)/b17-15+. The Labute approximate surface area is 127 Å². The van der Waals surface area contributed by atoms with Crippen LogP contribution in [0, 0.1) is 0 Å². The molecule has 22 heavy (non-hydrogen) atoms. The normalized spacial score (nSPS) is 11.0. The first kappa shape index (κ1) is 15.4. The van der Waals surface area contributed by atoms with E-state index in [1.807, 2.05) is 0 Å². The van der Waals surface area contributed by atoms with Gasteiger partial charge in [0.1, 0.15) is 25.2 Å². The lowest BCUT2D eigenvalue weighted by Gasteiger charge is -2.11. The molecule has 114 valence electrons. The van der Waals surface area contributed by atoms with Crippen molar-refractivity contribution in [2.24, 2.45) is 5.16 Å². The number of ether oxygens (including phenoxy) is 1. The SMILES string of the molecule is CO/N=C(/C(=O)O)c1ccccc1COc1cccc(O)c1. The third kappa shape index (κ3) is 3.76. The maximum atomic E-state index is 11.3. The summed E-state index contributed by atoms with van der Waals surface area (Å²) < 4.78 is 5.57. The van der Waals surface area contributed by atoms with Crippen LogP contribution >= 0.6 is 0 Å². The second-order valence-electron chi connectivity index (χ2n) is 4.37. The number of benzene rings is 2. The van der Waals surface area contributed by atoms with Crippen molar-refractivity contribution in [2.45, 2.75) is 6.61 Å². The van der Waals surface area contributed by atoms with Crippen LogP contribution in [0.5, 0.6) is 11.5 Å². The summed E-state index contributed by atoms with van der Waals surface area (Å²) >= 11 is 0. The van der Waals surface area contributed by atoms with E-state index in [1.165, 1.54) is 19.2 Å². The van der Waals surface area contributed by atoms with E-state index in [1.54, 1.807) is 36.4 Å². The quantitative estimate of drug-likeness (QED) is 0.632. The van der Waals surface area contributed by atoms with Gasteiger partial charge in [0.05, 0.1) is 0 Å². The van der Waals surface area contributed by atoms with Crippen molar-refractivity contribution in [3.05, 3.63) is 59.7 Å². The molecule has 0 saturated heterocycles. The van der Waals surface area contributed by atoms with Crippen LogP contribution < -0.4 is 4.74 Å². The van der Waals surface area contributed by atoms with Crippen molar-refractivity contribution in [3.63, 3.8) is 0 Å². The summed E-state index contributed by atoms with van der Waals surface area (Å²) in [6, 6.07) is 13.2. The number of aliphatic carboxylic acids is 1. The number of carboxylic acid groups (broad SMARTS) is 1. The highest BCUT2D eigenvalue weighted by atomic mass is 16.6. The average Bonchev–Trinajstić information content (AvgIpc) is 2.51. The molecule has 0 atom stereocenters. The summed E-state index contributed by atoms with van der Waals surface area (Å²) in [5.74, 6) is -0.611. The molecule has 0 amide bonds. The molecule has 0 bridgehead atoms. The third-order valence-corrected chi connectivity index (χ3v) is 2.87. The molecular weight excluding hydrogens is 286 g/mol. The van der Waals surface area contributed by atoms with Gasteiger partial charge >= 0.3 is 5.97 Å². The number of rotatable bonds is 6. The van der Waals surface area contributed by atoms with Gasteiger partial charge in [-0.05, 0) is 17.7 Å². The van der Waals surface area contributed by atoms with Crippen molar-refractivity contribution in [2.75, 3.05) is 7.11 Å². The van der Waals surface area contributed by atoms with Crippen molar-refractivity contribution in [1.82, 2.24) is 0 Å². The van der Waals surface area contributed by atoms with Gasteiger partial charge in [0, 0.05) is 11.6 Å². The van der Waals surface area contributed by atoms with Gasteiger partial charge in [-0.15, -0.1) is 0 Å². The maximum absolute atomic E-state index is 11.3. The van der Waals surface area contributed by atoms with Crippen LogP contribution in [-0.4, -0.2) is 29.0 Å². The molecule has 0 aromatic heterocycles. The minimum absolute atomic E-state index is 0.0953. The fraction of sp³-hybridized carbons (Fsp3) is 0.125. The molecular formula is C16H15NO5. The molecule has 0 fully saturated rings. The number of aromatic hydroxyl groups is 1. The number of hydrogen-bond donors (Lipinski definition) is 2. The van der Waals surface area contributed by atoms with Gasteiger partial charge in [0.2, 0.25) is 0 Å². The highest BCUT2D eigenvalue weighted by Crippen LogP contribution is 2.20. The van der Waals surface area contributed by atoms with E-state index in [2.05, 4.69) is 9.99 Å². The summed E-state index contributed by atoms with van der Waals surface area (Å²) in [5, 5.41) is 22.2. The van der Waals surface area contributed by atoms with Crippen LogP contribution in [0.25, 0.3) is 0 Å². The van der Waals surface area contributed by atoms with Crippen LogP contribution in [0.15, 0.2) is 53.7 Å². The Bertz CT molecular complexity index is 696. The minimum atomic E-state index is -1.19. The number of phenolic OH excluding ortho intramolecular Hbond substituents is 1. The molecule has 0 aliphatic heterocycles. The van der Waals surface area contributed by atoms with E-state index >= 15 is 0 Å². The molecule has 0 aliphatic carbocycles. The molecule has 2 N–H and O–H groups in total. The van der Waals surface area contributed by atoms with Gasteiger partial charge in [-0.2, -0.15) is 0 Å². The topological polar surface area (TPSA) is 88.4 Å². The molecule has 0 aliphatic rings. The van der Waals surface area contributed by atoms with Crippen LogP contribution in [0.2, 0.25) is 0 Å². The highest BCUT2D eigenvalue weighted by molar-refractivity contribution is 6.42. The average molecular weight is 301 g/mol. The molecule has 2 aromatic carbocycles. The summed E-state index contributed by atoms with van der Waals surface area (Å²) in [4.78, 5) is 15.9. The second-order valence-corrected chi connectivity index (χ2v) is 4.37. The Morgan fingerprint density at radius 2 is 1.95 bits per heavy atom. The van der Waals surface area contributed by atoms with Crippen molar-refractivity contribution in [3.8, 4) is 11.5 Å². The van der Waals surface area contributed by atoms with Crippen molar-refractivity contribution >= 4 is 11.7 Å². The van der Waals surface area contributed by atoms with E-state index in [0.717, 1.165) is 0 Å². The first-order valence-electron chi connectivity index (χ1n) is 6.46. The predicted molar refractivity (Wildman–Crippen MR) is 80.1 cm³/mol. The largest absolute Gasteiger partial charge is 0.508 e. The van der Waals surface area contributed by atoms with Crippen molar-refractivity contribution in [1.29, 1.82) is 0 Å². The summed E-state index contributed by atoms with van der Waals surface area (Å²) in [5.41, 5.74) is 0.860. The highest BCUT2D eigenvalue weighted by Gasteiger charge is 2.17. The van der Waals surface area contributed by atoms with E-state index in [4.69, 9.17) is 4.74 Å². The number of phenols is 1. The third-order valence-electron chi connectivity index (χ3n) is 2.87. The lowest BCUT2D eigenvalue weighted by Crippen LogP contribution is -2.17. The number of carboxylic acids is 1. The molecule has 0 spiro atoms. The van der Waals surface area contributed by atoms with Gasteiger partial charge in [-0.25, -0.2) is 4.79 Å². The van der Waals surface area contributed by atoms with Crippen LogP contribution in [-0.2, 0) is 16.2 Å². The molecule has 2 rings (SSSR count). The smallest absolute Gasteiger partial charge is 0.358 e. The number of nitrogens with zero attached hydrogens (tertiary/aromatic N) is 1. The lowest BCUT2D eigenvalue weighted by atomic mass is 10.0. The Kier molecular flexibility index (Phi) is 4.98. The summed E-state index contributed by atoms with van der Waals surface area (Å²) in [6.45, 7) is 0.135. The summed E-state index contributed by atoms with van der Waals surface area (Å²) in [7, 11) is 1.29. The maximum Gasteiger partial charge on any atom is 0.358 e. The zero-order chi connectivity index (χ0) is 15.9. The zero-order valence-corrected chi connectivity index (χ0v) is 11.9. The van der Waals surface area contributed by atoms with Gasteiger partial charge in [-0.1, -0.05) is 35.5 Å². The van der Waals surface area contributed by atoms with Crippen LogP contribution in [0.3, 0.4) is 0 Å². The van der Waals surface area contributed by atoms with Crippen LogP contribution in [0.1, 0.15) is 11.1 Å². The molecule has 0 unspecified atom stereocenters. The lowest BCUT2D eigenvalue weighted by molar-refractivity contribution is -0.129. The van der Waals surface area contributed by atoms with E-state index < -0.39 is 5.97 Å². The number of carbonyl (C=O) groups is 1. The molecule has 6 nitrogen and oxygen atoms in total. The van der Waals surface area contributed by atoms with Gasteiger partial charge < -0.3 is 19.8 Å². The van der Waals surface area contributed by atoms with E-state index in [0.29, 0.717) is 16.9 Å². The van der Waals surface area contributed by atoms with Gasteiger partial charge in [0.25, 0.3) is 0 Å². The first-order valence-corrected chi connectivity index (χ1v) is 6.46. The Hall–Kier alpha value is -3.02. The van der Waals surface area contributed by atoms with E-state index in [9.17, 15) is 15.0 Å². The molecule has 0 radical (unpaired) electrons. The van der Waals surface area contributed by atoms with Crippen molar-refractivity contribution < 1.29 is 24.6 Å². The molecule has 6 heteroatoms. The van der Waals surface area contributed by atoms with Gasteiger partial charge in [0.15, 0.2) is 5.71 Å².